The Labute approximate surface area is 124 Å². The lowest BCUT2D eigenvalue weighted by molar-refractivity contribution is -0.121. The lowest BCUT2D eigenvalue weighted by Gasteiger charge is -2.06. The molecule has 7 heteroatoms. The number of amides is 1. The maximum absolute atomic E-state index is 11.6. The fraction of sp³-hybridized carbons (Fsp3) is 0.714. The van der Waals surface area contributed by atoms with E-state index in [4.69, 9.17) is 5.11 Å². The molecule has 118 valence electrons. The van der Waals surface area contributed by atoms with Gasteiger partial charge in [-0.25, -0.2) is 9.48 Å². The van der Waals surface area contributed by atoms with E-state index in [1.165, 1.54) is 30.1 Å². The van der Waals surface area contributed by atoms with E-state index in [2.05, 4.69) is 29.5 Å². The van der Waals surface area contributed by atoms with Crippen molar-refractivity contribution in [3.8, 4) is 0 Å². The van der Waals surface area contributed by atoms with Crippen molar-refractivity contribution >= 4 is 11.9 Å². The number of carboxylic acids is 1. The minimum atomic E-state index is -1.15. The van der Waals surface area contributed by atoms with E-state index in [0.29, 0.717) is 6.54 Å². The normalized spacial score (nSPS) is 10.8. The zero-order chi connectivity index (χ0) is 15.7. The first-order valence-electron chi connectivity index (χ1n) is 7.39. The molecular formula is C14H24N4O3. The molecule has 1 aromatic heterocycles. The Hall–Kier alpha value is -1.92. The monoisotopic (exact) mass is 296 g/mol. The fourth-order valence-electron chi connectivity index (χ4n) is 1.94. The number of unbranched alkanes of at least 4 members (excludes halogenated alkanes) is 3. The van der Waals surface area contributed by atoms with Crippen LogP contribution in [0.2, 0.25) is 0 Å². The highest BCUT2D eigenvalue weighted by atomic mass is 16.4. The van der Waals surface area contributed by atoms with Crippen molar-refractivity contribution in [2.45, 2.75) is 52.5 Å². The van der Waals surface area contributed by atoms with E-state index in [-0.39, 0.29) is 18.1 Å². The number of hydrogen-bond acceptors (Lipinski definition) is 4. The number of hydrogen-bond donors (Lipinski definition) is 2. The SMILES string of the molecule is CC(C)CCCCCCNC(=O)Cn1cc(C(=O)O)nn1. The zero-order valence-corrected chi connectivity index (χ0v) is 12.7. The molecule has 0 bridgehead atoms. The number of carbonyl (C=O) groups excluding carboxylic acids is 1. The first-order valence-corrected chi connectivity index (χ1v) is 7.39. The fourth-order valence-corrected chi connectivity index (χ4v) is 1.94. The summed E-state index contributed by atoms with van der Waals surface area (Å²) in [6.07, 6.45) is 7.00. The quantitative estimate of drug-likeness (QED) is 0.640. The summed E-state index contributed by atoms with van der Waals surface area (Å²) in [5, 5.41) is 18.5. The van der Waals surface area contributed by atoms with Crippen LogP contribution in [0.4, 0.5) is 0 Å². The van der Waals surface area contributed by atoms with Gasteiger partial charge in [0.15, 0.2) is 5.69 Å². The Kier molecular flexibility index (Phi) is 7.42. The lowest BCUT2D eigenvalue weighted by atomic mass is 10.0. The number of nitrogens with zero attached hydrogens (tertiary/aromatic N) is 3. The minimum Gasteiger partial charge on any atom is -0.476 e. The molecule has 0 aliphatic carbocycles. The van der Waals surface area contributed by atoms with E-state index >= 15 is 0 Å². The van der Waals surface area contributed by atoms with Crippen LogP contribution >= 0.6 is 0 Å². The second-order valence-corrected chi connectivity index (χ2v) is 5.55. The van der Waals surface area contributed by atoms with Crippen molar-refractivity contribution in [2.24, 2.45) is 5.92 Å². The summed E-state index contributed by atoms with van der Waals surface area (Å²) in [7, 11) is 0. The first-order chi connectivity index (χ1) is 9.99. The van der Waals surface area contributed by atoms with E-state index in [9.17, 15) is 9.59 Å². The van der Waals surface area contributed by atoms with Gasteiger partial charge in [-0.1, -0.05) is 44.7 Å². The van der Waals surface area contributed by atoms with Gasteiger partial charge in [0.2, 0.25) is 5.91 Å². The molecule has 7 nitrogen and oxygen atoms in total. The third-order valence-corrected chi connectivity index (χ3v) is 3.09. The molecule has 0 saturated carbocycles. The molecule has 1 rings (SSSR count). The lowest BCUT2D eigenvalue weighted by Crippen LogP contribution is -2.28. The van der Waals surface area contributed by atoms with Crippen LogP contribution in [0.25, 0.3) is 0 Å². The molecule has 0 aliphatic rings. The third kappa shape index (κ3) is 7.43. The Morgan fingerprint density at radius 1 is 1.29 bits per heavy atom. The molecule has 0 aliphatic heterocycles. The van der Waals surface area contributed by atoms with Gasteiger partial charge in [-0.15, -0.1) is 5.10 Å². The highest BCUT2D eigenvalue weighted by molar-refractivity contribution is 5.84. The smallest absolute Gasteiger partial charge is 0.358 e. The maximum atomic E-state index is 11.6. The molecule has 21 heavy (non-hydrogen) atoms. The highest BCUT2D eigenvalue weighted by Crippen LogP contribution is 2.08. The van der Waals surface area contributed by atoms with Crippen LogP contribution in [-0.4, -0.2) is 38.5 Å². The number of nitrogens with one attached hydrogen (secondary N) is 1. The topological polar surface area (TPSA) is 97.1 Å². The molecule has 1 amide bonds. The van der Waals surface area contributed by atoms with Crippen molar-refractivity contribution in [3.05, 3.63) is 11.9 Å². The van der Waals surface area contributed by atoms with Crippen molar-refractivity contribution in [3.63, 3.8) is 0 Å². The Morgan fingerprint density at radius 3 is 2.62 bits per heavy atom. The van der Waals surface area contributed by atoms with Crippen molar-refractivity contribution < 1.29 is 14.7 Å². The van der Waals surface area contributed by atoms with Crippen molar-refractivity contribution in [2.75, 3.05) is 6.54 Å². The van der Waals surface area contributed by atoms with Crippen LogP contribution < -0.4 is 5.32 Å². The number of carbonyl (C=O) groups is 2. The summed E-state index contributed by atoms with van der Waals surface area (Å²) in [6.45, 7) is 5.08. The second-order valence-electron chi connectivity index (χ2n) is 5.55. The second kappa shape index (κ2) is 9.10. The average Bonchev–Trinajstić information content (AvgIpc) is 2.86. The molecule has 0 fully saturated rings. The summed E-state index contributed by atoms with van der Waals surface area (Å²) in [6, 6.07) is 0. The first kappa shape index (κ1) is 17.1. The molecule has 0 saturated heterocycles. The highest BCUT2D eigenvalue weighted by Gasteiger charge is 2.10. The molecule has 1 aromatic rings. The molecule has 0 atom stereocenters. The Balaban J connectivity index is 2.09. The van der Waals surface area contributed by atoms with Crippen LogP contribution in [0.15, 0.2) is 6.20 Å². The van der Waals surface area contributed by atoms with Gasteiger partial charge >= 0.3 is 5.97 Å². The van der Waals surface area contributed by atoms with Gasteiger partial charge in [0.05, 0.1) is 6.20 Å². The van der Waals surface area contributed by atoms with Gasteiger partial charge < -0.3 is 10.4 Å². The number of aromatic nitrogens is 3. The van der Waals surface area contributed by atoms with E-state index < -0.39 is 5.97 Å². The van der Waals surface area contributed by atoms with Gasteiger partial charge in [0.1, 0.15) is 6.54 Å². The largest absolute Gasteiger partial charge is 0.476 e. The van der Waals surface area contributed by atoms with Crippen LogP contribution in [0.5, 0.6) is 0 Å². The average molecular weight is 296 g/mol. The summed E-state index contributed by atoms with van der Waals surface area (Å²) in [5.41, 5.74) is -0.159. The molecule has 0 spiro atoms. The predicted molar refractivity (Wildman–Crippen MR) is 77.9 cm³/mol. The third-order valence-electron chi connectivity index (χ3n) is 3.09. The van der Waals surface area contributed by atoms with Gasteiger partial charge in [-0.2, -0.15) is 0 Å². The van der Waals surface area contributed by atoms with Crippen molar-refractivity contribution in [1.82, 2.24) is 20.3 Å². The summed E-state index contributed by atoms with van der Waals surface area (Å²) in [5.74, 6) is -0.579. The standard InChI is InChI=1S/C14H24N4O3/c1-11(2)7-5-3-4-6-8-15-13(19)10-18-9-12(14(20)21)16-17-18/h9,11H,3-8,10H2,1-2H3,(H,15,19)(H,20,21). The van der Waals surface area contributed by atoms with Crippen LogP contribution in [0, 0.1) is 5.92 Å². The minimum absolute atomic E-state index is 0.00632. The van der Waals surface area contributed by atoms with Gasteiger partial charge in [-0.3, -0.25) is 4.79 Å². The molecule has 2 N–H and O–H groups in total. The van der Waals surface area contributed by atoms with E-state index in [1.807, 2.05) is 0 Å². The molecule has 0 aromatic carbocycles. The van der Waals surface area contributed by atoms with Gasteiger partial charge in [0.25, 0.3) is 0 Å². The Morgan fingerprint density at radius 2 is 2.00 bits per heavy atom. The molecule has 1 heterocycles. The predicted octanol–water partition coefficient (Wildman–Crippen LogP) is 1.70. The van der Waals surface area contributed by atoms with E-state index in [1.54, 1.807) is 0 Å². The van der Waals surface area contributed by atoms with Crippen LogP contribution in [0.1, 0.15) is 56.4 Å². The van der Waals surface area contributed by atoms with Gasteiger partial charge in [-0.05, 0) is 12.3 Å². The van der Waals surface area contributed by atoms with Crippen LogP contribution in [0.3, 0.4) is 0 Å². The van der Waals surface area contributed by atoms with E-state index in [0.717, 1.165) is 18.8 Å². The summed E-state index contributed by atoms with van der Waals surface area (Å²) < 4.78 is 1.22. The summed E-state index contributed by atoms with van der Waals surface area (Å²) >= 11 is 0. The zero-order valence-electron chi connectivity index (χ0n) is 12.7. The molecule has 0 unspecified atom stereocenters. The molecule has 0 radical (unpaired) electrons. The molecular weight excluding hydrogens is 272 g/mol. The number of aromatic carboxylic acids is 1. The summed E-state index contributed by atoms with van der Waals surface area (Å²) in [4.78, 5) is 22.2. The Bertz CT molecular complexity index is 457. The maximum Gasteiger partial charge on any atom is 0.358 e. The van der Waals surface area contributed by atoms with Crippen molar-refractivity contribution in [1.29, 1.82) is 0 Å². The number of rotatable bonds is 10. The van der Waals surface area contributed by atoms with Crippen LogP contribution in [-0.2, 0) is 11.3 Å². The number of carboxylic acid groups (broad SMARTS) is 1. The van der Waals surface area contributed by atoms with Gasteiger partial charge in [0, 0.05) is 6.54 Å².